The SMILES string of the molecule is CN(C)c1ccc(CNCC(=O)NCC(=O)O)cc1. The van der Waals surface area contributed by atoms with Crippen LogP contribution >= 0.6 is 0 Å². The van der Waals surface area contributed by atoms with Gasteiger partial charge in [-0.15, -0.1) is 0 Å². The summed E-state index contributed by atoms with van der Waals surface area (Å²) in [6.07, 6.45) is 0. The molecule has 19 heavy (non-hydrogen) atoms. The Morgan fingerprint density at radius 2 is 1.79 bits per heavy atom. The molecule has 0 saturated carbocycles. The molecule has 0 radical (unpaired) electrons. The number of hydrogen-bond acceptors (Lipinski definition) is 4. The standard InChI is InChI=1S/C13H19N3O3/c1-16(2)11-5-3-10(4-6-11)7-14-8-12(17)15-9-13(18)19/h3-6,14H,7-9H2,1-2H3,(H,15,17)(H,18,19). The molecule has 0 unspecified atom stereocenters. The summed E-state index contributed by atoms with van der Waals surface area (Å²) >= 11 is 0. The average Bonchev–Trinajstić information content (AvgIpc) is 2.37. The third kappa shape index (κ3) is 5.87. The number of carboxylic acid groups (broad SMARTS) is 1. The summed E-state index contributed by atoms with van der Waals surface area (Å²) < 4.78 is 0. The summed E-state index contributed by atoms with van der Waals surface area (Å²) in [5.74, 6) is -1.38. The van der Waals surface area contributed by atoms with E-state index in [1.54, 1.807) is 0 Å². The molecule has 6 nitrogen and oxygen atoms in total. The van der Waals surface area contributed by atoms with Gasteiger partial charge in [0.25, 0.3) is 0 Å². The van der Waals surface area contributed by atoms with Crippen LogP contribution in [-0.4, -0.2) is 44.2 Å². The van der Waals surface area contributed by atoms with Crippen molar-refractivity contribution in [2.24, 2.45) is 0 Å². The number of nitrogens with zero attached hydrogens (tertiary/aromatic N) is 1. The van der Waals surface area contributed by atoms with Gasteiger partial charge >= 0.3 is 5.97 Å². The predicted octanol–water partition coefficient (Wildman–Crippen LogP) is 0.0430. The van der Waals surface area contributed by atoms with Gasteiger partial charge in [0, 0.05) is 26.3 Å². The Morgan fingerprint density at radius 1 is 1.16 bits per heavy atom. The quantitative estimate of drug-likeness (QED) is 0.648. The number of aliphatic carboxylic acids is 1. The van der Waals surface area contributed by atoms with E-state index < -0.39 is 5.97 Å². The second-order valence-electron chi connectivity index (χ2n) is 4.33. The molecule has 1 aromatic rings. The Morgan fingerprint density at radius 3 is 2.32 bits per heavy atom. The highest BCUT2D eigenvalue weighted by atomic mass is 16.4. The number of carbonyl (C=O) groups excluding carboxylic acids is 1. The van der Waals surface area contributed by atoms with Crippen LogP contribution in [0.3, 0.4) is 0 Å². The minimum atomic E-state index is -1.05. The first-order valence-corrected chi connectivity index (χ1v) is 5.94. The van der Waals surface area contributed by atoms with Gasteiger partial charge in [0.1, 0.15) is 6.54 Å². The molecule has 1 amide bonds. The van der Waals surface area contributed by atoms with Crippen molar-refractivity contribution in [2.75, 3.05) is 32.1 Å². The molecule has 0 aliphatic heterocycles. The van der Waals surface area contributed by atoms with E-state index in [2.05, 4.69) is 10.6 Å². The zero-order valence-corrected chi connectivity index (χ0v) is 11.1. The minimum Gasteiger partial charge on any atom is -0.480 e. The van der Waals surface area contributed by atoms with E-state index in [0.29, 0.717) is 6.54 Å². The third-order valence-corrected chi connectivity index (χ3v) is 2.50. The number of benzene rings is 1. The summed E-state index contributed by atoms with van der Waals surface area (Å²) in [6, 6.07) is 7.97. The zero-order chi connectivity index (χ0) is 14.3. The van der Waals surface area contributed by atoms with Gasteiger partial charge in [-0.05, 0) is 17.7 Å². The summed E-state index contributed by atoms with van der Waals surface area (Å²) in [5.41, 5.74) is 2.18. The first-order valence-electron chi connectivity index (χ1n) is 5.94. The maximum atomic E-state index is 11.2. The van der Waals surface area contributed by atoms with Crippen molar-refractivity contribution in [3.63, 3.8) is 0 Å². The van der Waals surface area contributed by atoms with Crippen molar-refractivity contribution in [1.29, 1.82) is 0 Å². The van der Waals surface area contributed by atoms with Crippen LogP contribution in [0.15, 0.2) is 24.3 Å². The maximum Gasteiger partial charge on any atom is 0.322 e. The van der Waals surface area contributed by atoms with Gasteiger partial charge in [-0.25, -0.2) is 0 Å². The fraction of sp³-hybridized carbons (Fsp3) is 0.385. The first-order chi connectivity index (χ1) is 8.99. The van der Waals surface area contributed by atoms with Crippen LogP contribution in [0, 0.1) is 0 Å². The smallest absolute Gasteiger partial charge is 0.322 e. The lowest BCUT2D eigenvalue weighted by Gasteiger charge is -2.12. The molecule has 0 heterocycles. The molecule has 0 aliphatic rings. The number of hydrogen-bond donors (Lipinski definition) is 3. The highest BCUT2D eigenvalue weighted by Gasteiger charge is 2.03. The van der Waals surface area contributed by atoms with E-state index in [1.165, 1.54) is 0 Å². The van der Waals surface area contributed by atoms with Crippen LogP contribution in [0.4, 0.5) is 5.69 Å². The van der Waals surface area contributed by atoms with E-state index in [0.717, 1.165) is 11.3 Å². The molecule has 1 aromatic carbocycles. The molecule has 0 fully saturated rings. The molecule has 6 heteroatoms. The number of amides is 1. The van der Waals surface area contributed by atoms with Gasteiger partial charge in [-0.2, -0.15) is 0 Å². The Hall–Kier alpha value is -2.08. The average molecular weight is 265 g/mol. The Bertz CT molecular complexity index is 429. The van der Waals surface area contributed by atoms with Crippen molar-refractivity contribution >= 4 is 17.6 Å². The molecule has 104 valence electrons. The molecule has 0 aliphatic carbocycles. The summed E-state index contributed by atoms with van der Waals surface area (Å²) in [4.78, 5) is 23.5. The molecule has 3 N–H and O–H groups in total. The van der Waals surface area contributed by atoms with Gasteiger partial charge in [0.15, 0.2) is 0 Å². The lowest BCUT2D eigenvalue weighted by Crippen LogP contribution is -2.36. The first kappa shape index (κ1) is 15.0. The van der Waals surface area contributed by atoms with E-state index >= 15 is 0 Å². The summed E-state index contributed by atoms with van der Waals surface area (Å²) in [5, 5.41) is 13.6. The number of nitrogens with one attached hydrogen (secondary N) is 2. The molecular weight excluding hydrogens is 246 g/mol. The van der Waals surface area contributed by atoms with Gasteiger partial charge < -0.3 is 20.6 Å². The predicted molar refractivity (Wildman–Crippen MR) is 73.1 cm³/mol. The fourth-order valence-electron chi connectivity index (χ4n) is 1.47. The maximum absolute atomic E-state index is 11.2. The van der Waals surface area contributed by atoms with Crippen molar-refractivity contribution in [3.8, 4) is 0 Å². The fourth-order valence-corrected chi connectivity index (χ4v) is 1.47. The Labute approximate surface area is 112 Å². The van der Waals surface area contributed by atoms with Gasteiger partial charge in [0.2, 0.25) is 5.91 Å². The van der Waals surface area contributed by atoms with Crippen LogP contribution in [-0.2, 0) is 16.1 Å². The van der Waals surface area contributed by atoms with Crippen molar-refractivity contribution in [3.05, 3.63) is 29.8 Å². The van der Waals surface area contributed by atoms with E-state index in [1.807, 2.05) is 43.3 Å². The van der Waals surface area contributed by atoms with E-state index in [9.17, 15) is 9.59 Å². The lowest BCUT2D eigenvalue weighted by molar-refractivity contribution is -0.137. The van der Waals surface area contributed by atoms with Crippen LogP contribution in [0.1, 0.15) is 5.56 Å². The normalized spacial score (nSPS) is 10.0. The van der Waals surface area contributed by atoms with Crippen molar-refractivity contribution < 1.29 is 14.7 Å². The van der Waals surface area contributed by atoms with E-state index in [-0.39, 0.29) is 19.0 Å². The van der Waals surface area contributed by atoms with Crippen molar-refractivity contribution in [2.45, 2.75) is 6.54 Å². The topological polar surface area (TPSA) is 81.7 Å². The monoisotopic (exact) mass is 265 g/mol. The zero-order valence-electron chi connectivity index (χ0n) is 11.1. The van der Waals surface area contributed by atoms with Gasteiger partial charge in [0.05, 0.1) is 6.54 Å². The van der Waals surface area contributed by atoms with Gasteiger partial charge in [-0.3, -0.25) is 9.59 Å². The molecule has 0 atom stereocenters. The number of carboxylic acids is 1. The lowest BCUT2D eigenvalue weighted by atomic mass is 10.2. The Kier molecular flexibility index (Phi) is 5.81. The van der Waals surface area contributed by atoms with Gasteiger partial charge in [-0.1, -0.05) is 12.1 Å². The van der Waals surface area contributed by atoms with Crippen LogP contribution in [0.25, 0.3) is 0 Å². The Balaban J connectivity index is 2.29. The van der Waals surface area contributed by atoms with E-state index in [4.69, 9.17) is 5.11 Å². The summed E-state index contributed by atoms with van der Waals surface area (Å²) in [7, 11) is 3.94. The largest absolute Gasteiger partial charge is 0.480 e. The minimum absolute atomic E-state index is 0.0999. The van der Waals surface area contributed by atoms with Crippen LogP contribution in [0.2, 0.25) is 0 Å². The van der Waals surface area contributed by atoms with Crippen LogP contribution in [0.5, 0.6) is 0 Å². The van der Waals surface area contributed by atoms with Crippen molar-refractivity contribution in [1.82, 2.24) is 10.6 Å². The third-order valence-electron chi connectivity index (χ3n) is 2.50. The van der Waals surface area contributed by atoms with Crippen LogP contribution < -0.4 is 15.5 Å². The highest BCUT2D eigenvalue weighted by Crippen LogP contribution is 2.11. The number of carbonyl (C=O) groups is 2. The molecular formula is C13H19N3O3. The highest BCUT2D eigenvalue weighted by molar-refractivity contribution is 5.82. The molecule has 0 spiro atoms. The molecule has 0 saturated heterocycles. The molecule has 1 rings (SSSR count). The molecule has 0 aromatic heterocycles. The summed E-state index contributed by atoms with van der Waals surface area (Å²) in [6.45, 7) is 0.314. The molecule has 0 bridgehead atoms. The number of anilines is 1. The second-order valence-corrected chi connectivity index (χ2v) is 4.33. The second kappa shape index (κ2) is 7.38. The number of rotatable bonds is 7.